The first kappa shape index (κ1) is 43.2. The second kappa shape index (κ2) is 32.9. The highest BCUT2D eigenvalue weighted by Crippen LogP contribution is 2.03. The quantitative estimate of drug-likeness (QED) is 0.274. The average molecular weight is 490 g/mol. The van der Waals surface area contributed by atoms with E-state index in [4.69, 9.17) is 43.7 Å². The summed E-state index contributed by atoms with van der Waals surface area (Å²) >= 11 is 0. The normalized spacial score (nSPS) is 8.65. The lowest BCUT2D eigenvalue weighted by atomic mass is 10.4. The summed E-state index contributed by atoms with van der Waals surface area (Å²) in [6.07, 6.45) is 2.50. The minimum absolute atomic E-state index is 0.734. The molecular formula is C19H47NO9Si2. The molecule has 0 spiro atoms. The maximum absolute atomic E-state index is 9.00. The zero-order chi connectivity index (χ0) is 26.6. The van der Waals surface area contributed by atoms with Crippen LogP contribution in [-0.2, 0) is 23.3 Å². The van der Waals surface area contributed by atoms with Crippen LogP contribution in [0.25, 0.3) is 0 Å². The number of aliphatic carboxylic acids is 4. The van der Waals surface area contributed by atoms with Gasteiger partial charge in [-0.1, -0.05) is 13.8 Å². The van der Waals surface area contributed by atoms with Gasteiger partial charge in [0.05, 0.1) is 0 Å². The third kappa shape index (κ3) is 371. The van der Waals surface area contributed by atoms with Crippen LogP contribution in [0.3, 0.4) is 0 Å². The number of carboxylic acid groups (broad SMARTS) is 4. The molecule has 0 aliphatic heterocycles. The molecule has 190 valence electrons. The SMILES string of the molecule is CC(=O)O.CC(=O)O.CC(=O)O.CC(=O)O.CCCNCCC.C[SiH](C)O[Si](C)(C)C. The Balaban J connectivity index is -0.0000000624. The first-order valence-electron chi connectivity index (χ1n) is 9.93. The summed E-state index contributed by atoms with van der Waals surface area (Å²) in [5.74, 6) is -3.33. The molecule has 0 aliphatic rings. The van der Waals surface area contributed by atoms with Gasteiger partial charge in [-0.05, 0) is 58.7 Å². The van der Waals surface area contributed by atoms with Crippen LogP contribution in [-0.4, -0.2) is 74.8 Å². The third-order valence-corrected chi connectivity index (χ3v) is 6.16. The van der Waals surface area contributed by atoms with E-state index in [1.165, 1.54) is 25.9 Å². The molecule has 0 saturated carbocycles. The van der Waals surface area contributed by atoms with Crippen molar-refractivity contribution in [2.24, 2.45) is 0 Å². The number of hydrogen-bond donors (Lipinski definition) is 5. The molecule has 0 bridgehead atoms. The highest BCUT2D eigenvalue weighted by Gasteiger charge is 2.14. The molecule has 0 fully saturated rings. The van der Waals surface area contributed by atoms with Crippen molar-refractivity contribution in [1.29, 1.82) is 0 Å². The minimum atomic E-state index is -1.16. The van der Waals surface area contributed by atoms with Crippen LogP contribution in [0.5, 0.6) is 0 Å². The molecule has 0 saturated heterocycles. The van der Waals surface area contributed by atoms with E-state index in [9.17, 15) is 0 Å². The molecule has 0 aromatic carbocycles. The molecule has 31 heavy (non-hydrogen) atoms. The maximum atomic E-state index is 9.00. The van der Waals surface area contributed by atoms with Crippen molar-refractivity contribution >= 4 is 41.2 Å². The van der Waals surface area contributed by atoms with Crippen LogP contribution in [0.15, 0.2) is 0 Å². The van der Waals surface area contributed by atoms with Crippen molar-refractivity contribution in [3.8, 4) is 0 Å². The molecular weight excluding hydrogens is 442 g/mol. The van der Waals surface area contributed by atoms with Crippen LogP contribution in [0, 0.1) is 0 Å². The van der Waals surface area contributed by atoms with E-state index in [0.717, 1.165) is 27.7 Å². The van der Waals surface area contributed by atoms with Gasteiger partial charge in [0.2, 0.25) is 0 Å². The predicted molar refractivity (Wildman–Crippen MR) is 130 cm³/mol. The fraction of sp³-hybridized carbons (Fsp3) is 0.789. The van der Waals surface area contributed by atoms with E-state index < -0.39 is 41.2 Å². The fourth-order valence-electron chi connectivity index (χ4n) is 1.19. The summed E-state index contributed by atoms with van der Waals surface area (Å²) in [4.78, 5) is 36.0. The number of carboxylic acids is 4. The van der Waals surface area contributed by atoms with Gasteiger partial charge in [-0.3, -0.25) is 19.2 Å². The van der Waals surface area contributed by atoms with Gasteiger partial charge in [-0.2, -0.15) is 0 Å². The number of carbonyl (C=O) groups is 4. The van der Waals surface area contributed by atoms with Crippen molar-refractivity contribution in [2.75, 3.05) is 13.1 Å². The summed E-state index contributed by atoms with van der Waals surface area (Å²) < 4.78 is 5.72. The molecule has 0 aromatic rings. The fourth-order valence-corrected chi connectivity index (χ4v) is 6.84. The van der Waals surface area contributed by atoms with Crippen molar-refractivity contribution in [2.45, 2.75) is 87.1 Å². The van der Waals surface area contributed by atoms with E-state index in [-0.39, 0.29) is 0 Å². The Bertz CT molecular complexity index is 359. The molecule has 0 radical (unpaired) electrons. The molecule has 0 aliphatic carbocycles. The minimum Gasteiger partial charge on any atom is -0.481 e. The third-order valence-electron chi connectivity index (χ3n) is 1.44. The number of hydrogen-bond acceptors (Lipinski definition) is 6. The molecule has 12 heteroatoms. The summed E-state index contributed by atoms with van der Waals surface area (Å²) in [6, 6.07) is 0. The van der Waals surface area contributed by atoms with Crippen molar-refractivity contribution < 1.29 is 43.7 Å². The molecule has 5 N–H and O–H groups in total. The van der Waals surface area contributed by atoms with Crippen LogP contribution in [0.1, 0.15) is 54.4 Å². The van der Waals surface area contributed by atoms with E-state index >= 15 is 0 Å². The predicted octanol–water partition coefficient (Wildman–Crippen LogP) is 3.58. The van der Waals surface area contributed by atoms with E-state index in [0.29, 0.717) is 0 Å². The van der Waals surface area contributed by atoms with E-state index in [2.05, 4.69) is 51.9 Å². The Morgan fingerprint density at radius 2 is 0.903 bits per heavy atom. The molecule has 0 unspecified atom stereocenters. The standard InChI is InChI=1S/C6H15N.C5H16OSi2.4C2H4O2/c1-3-5-7-6-4-2;1-7(2)6-8(3,4)5;4*1-2(3)4/h7H,3-6H2,1-2H3;7H,1-5H3;4*1H3,(H,3,4). The summed E-state index contributed by atoms with van der Waals surface area (Å²) in [5.41, 5.74) is 0. The molecule has 0 atom stereocenters. The van der Waals surface area contributed by atoms with Gasteiger partial charge in [-0.15, -0.1) is 0 Å². The Morgan fingerprint density at radius 1 is 0.710 bits per heavy atom. The first-order valence-corrected chi connectivity index (χ1v) is 16.1. The second-order valence-electron chi connectivity index (χ2n) is 7.11. The molecule has 0 rings (SSSR count). The van der Waals surface area contributed by atoms with Crippen molar-refractivity contribution in [3.05, 3.63) is 0 Å². The Labute approximate surface area is 190 Å². The molecule has 0 heterocycles. The monoisotopic (exact) mass is 489 g/mol. The smallest absolute Gasteiger partial charge is 0.300 e. The Hall–Kier alpha value is -1.77. The van der Waals surface area contributed by atoms with Gasteiger partial charge in [0, 0.05) is 27.7 Å². The highest BCUT2D eigenvalue weighted by atomic mass is 28.4. The lowest BCUT2D eigenvalue weighted by molar-refractivity contribution is -0.135. The highest BCUT2D eigenvalue weighted by molar-refractivity contribution is 6.76. The maximum Gasteiger partial charge on any atom is 0.300 e. The molecule has 0 amide bonds. The Morgan fingerprint density at radius 3 is 0.968 bits per heavy atom. The first-order chi connectivity index (χ1) is 13.8. The van der Waals surface area contributed by atoms with Gasteiger partial charge >= 0.3 is 0 Å². The van der Waals surface area contributed by atoms with E-state index in [1.54, 1.807) is 0 Å². The summed E-state index contributed by atoms with van der Waals surface area (Å²) in [6.45, 7) is 22.2. The van der Waals surface area contributed by atoms with Gasteiger partial charge in [0.15, 0.2) is 17.4 Å². The van der Waals surface area contributed by atoms with Crippen LogP contribution in [0.4, 0.5) is 0 Å². The Kier molecular flexibility index (Phi) is 45.8. The van der Waals surface area contributed by atoms with E-state index in [1.807, 2.05) is 0 Å². The zero-order valence-corrected chi connectivity index (χ0v) is 23.4. The van der Waals surface area contributed by atoms with Crippen molar-refractivity contribution in [3.63, 3.8) is 0 Å². The van der Waals surface area contributed by atoms with Gasteiger partial charge < -0.3 is 29.9 Å². The summed E-state index contributed by atoms with van der Waals surface area (Å²) in [7, 11) is -1.89. The van der Waals surface area contributed by atoms with Crippen LogP contribution < -0.4 is 5.32 Å². The largest absolute Gasteiger partial charge is 0.481 e. The van der Waals surface area contributed by atoms with Gasteiger partial charge in [0.25, 0.3) is 23.9 Å². The van der Waals surface area contributed by atoms with Crippen LogP contribution in [0.2, 0.25) is 32.7 Å². The zero-order valence-electron chi connectivity index (χ0n) is 21.2. The van der Waals surface area contributed by atoms with Crippen LogP contribution >= 0.6 is 0 Å². The van der Waals surface area contributed by atoms with Crippen molar-refractivity contribution in [1.82, 2.24) is 5.32 Å². The lowest BCUT2D eigenvalue weighted by Crippen LogP contribution is -2.31. The van der Waals surface area contributed by atoms with Gasteiger partial charge in [-0.25, -0.2) is 0 Å². The average Bonchev–Trinajstić information content (AvgIpc) is 2.43. The van der Waals surface area contributed by atoms with Gasteiger partial charge in [0.1, 0.15) is 0 Å². The summed E-state index contributed by atoms with van der Waals surface area (Å²) in [5, 5.41) is 33.0. The number of nitrogens with one attached hydrogen (secondary N) is 1. The number of rotatable bonds is 6. The molecule has 0 aromatic heterocycles. The molecule has 10 nitrogen and oxygen atoms in total. The topological polar surface area (TPSA) is 170 Å². The lowest BCUT2D eigenvalue weighted by Gasteiger charge is -2.19. The second-order valence-corrected chi connectivity index (χ2v) is 14.4.